The first-order chi connectivity index (χ1) is 15.7. The number of benzodiazepines with no additional fused rings is 1. The molecule has 0 spiro atoms. The van der Waals surface area contributed by atoms with Crippen molar-refractivity contribution in [1.29, 1.82) is 0 Å². The monoisotopic (exact) mass is 487 g/mol. The molecule has 1 aliphatic rings. The van der Waals surface area contributed by atoms with E-state index in [-0.39, 0.29) is 24.3 Å². The summed E-state index contributed by atoms with van der Waals surface area (Å²) in [5, 5.41) is 3.99. The fourth-order valence-corrected chi connectivity index (χ4v) is 4.20. The van der Waals surface area contributed by atoms with Crippen molar-refractivity contribution in [3.63, 3.8) is 0 Å². The number of nitrogens with zero attached hydrogens (tertiary/aromatic N) is 2. The summed E-state index contributed by atoms with van der Waals surface area (Å²) in [6.45, 7) is 8.73. The van der Waals surface area contributed by atoms with Gasteiger partial charge in [-0.1, -0.05) is 75.5 Å². The molecule has 1 N–H and O–H groups in total. The lowest BCUT2D eigenvalue weighted by Gasteiger charge is -2.26. The van der Waals surface area contributed by atoms with Crippen molar-refractivity contribution in [3.05, 3.63) is 63.6 Å². The van der Waals surface area contributed by atoms with Crippen LogP contribution in [0.5, 0.6) is 0 Å². The molecule has 0 bridgehead atoms. The van der Waals surface area contributed by atoms with Gasteiger partial charge < -0.3 is 10.2 Å². The number of hydrogen-bond donors (Lipinski definition) is 1. The Morgan fingerprint density at radius 1 is 1.12 bits per heavy atom. The molecule has 2 aromatic carbocycles. The third kappa shape index (κ3) is 5.96. The van der Waals surface area contributed by atoms with Gasteiger partial charge in [0.15, 0.2) is 0 Å². The Kier molecular flexibility index (Phi) is 8.55. The van der Waals surface area contributed by atoms with Crippen molar-refractivity contribution in [2.75, 3.05) is 18.0 Å². The Morgan fingerprint density at radius 3 is 2.52 bits per heavy atom. The van der Waals surface area contributed by atoms with E-state index in [1.165, 1.54) is 0 Å². The van der Waals surface area contributed by atoms with Gasteiger partial charge in [-0.05, 0) is 42.5 Å². The van der Waals surface area contributed by atoms with Crippen molar-refractivity contribution in [1.82, 2.24) is 5.32 Å². The predicted octanol–water partition coefficient (Wildman–Crippen LogP) is 5.75. The first kappa shape index (κ1) is 25.3. The third-order valence-corrected chi connectivity index (χ3v) is 6.51. The Hall–Kier alpha value is -2.37. The van der Waals surface area contributed by atoms with Crippen LogP contribution in [0.2, 0.25) is 10.0 Å². The van der Waals surface area contributed by atoms with E-state index >= 15 is 0 Å². The molecule has 0 fully saturated rings. The summed E-state index contributed by atoms with van der Waals surface area (Å²) in [5.74, 6) is 0.0589. The highest BCUT2D eigenvalue weighted by atomic mass is 35.5. The van der Waals surface area contributed by atoms with Crippen LogP contribution < -0.4 is 10.2 Å². The van der Waals surface area contributed by atoms with E-state index in [4.69, 9.17) is 28.2 Å². The van der Waals surface area contributed by atoms with E-state index in [0.717, 1.165) is 18.4 Å². The number of nitrogens with one attached hydrogen (secondary N) is 1. The molecule has 1 heterocycles. The molecule has 176 valence electrons. The maximum atomic E-state index is 13.7. The van der Waals surface area contributed by atoms with Crippen LogP contribution in [0.3, 0.4) is 0 Å². The zero-order chi connectivity index (χ0) is 24.1. The van der Waals surface area contributed by atoms with Crippen molar-refractivity contribution in [3.8, 4) is 0 Å². The Morgan fingerprint density at radius 2 is 1.85 bits per heavy atom. The van der Waals surface area contributed by atoms with Crippen LogP contribution in [0, 0.1) is 11.8 Å². The van der Waals surface area contributed by atoms with Crippen molar-refractivity contribution >= 4 is 46.4 Å². The largest absolute Gasteiger partial charge is 0.355 e. The molecule has 5 nitrogen and oxygen atoms in total. The van der Waals surface area contributed by atoms with Crippen LogP contribution in [-0.2, 0) is 9.59 Å². The second-order valence-electron chi connectivity index (χ2n) is 8.91. The van der Waals surface area contributed by atoms with Crippen molar-refractivity contribution < 1.29 is 9.59 Å². The van der Waals surface area contributed by atoms with Gasteiger partial charge in [-0.3, -0.25) is 14.6 Å². The summed E-state index contributed by atoms with van der Waals surface area (Å²) in [5.41, 5.74) is 2.63. The Balaban J connectivity index is 2.10. The van der Waals surface area contributed by atoms with Gasteiger partial charge in [-0.15, -0.1) is 0 Å². The van der Waals surface area contributed by atoms with E-state index in [9.17, 15) is 9.59 Å². The topological polar surface area (TPSA) is 61.8 Å². The number of benzene rings is 2. The van der Waals surface area contributed by atoms with Crippen LogP contribution in [0.1, 0.15) is 51.7 Å². The molecule has 0 saturated heterocycles. The first-order valence-corrected chi connectivity index (χ1v) is 12.2. The average Bonchev–Trinajstić information content (AvgIpc) is 2.88. The molecule has 1 aliphatic heterocycles. The molecule has 3 rings (SSSR count). The van der Waals surface area contributed by atoms with Gasteiger partial charge in [-0.2, -0.15) is 0 Å². The maximum Gasteiger partial charge on any atom is 0.252 e. The average molecular weight is 488 g/mol. The summed E-state index contributed by atoms with van der Waals surface area (Å²) >= 11 is 12.9. The fourth-order valence-electron chi connectivity index (χ4n) is 3.80. The van der Waals surface area contributed by atoms with E-state index in [0.29, 0.717) is 39.5 Å². The number of hydrogen-bond acceptors (Lipinski definition) is 3. The van der Waals surface area contributed by atoms with Crippen LogP contribution in [0.25, 0.3) is 0 Å². The fraction of sp³-hybridized carbons (Fsp3) is 0.423. The van der Waals surface area contributed by atoms with Gasteiger partial charge in [0, 0.05) is 27.7 Å². The quantitative estimate of drug-likeness (QED) is 0.514. The van der Waals surface area contributed by atoms with E-state index in [2.05, 4.69) is 19.2 Å². The zero-order valence-corrected chi connectivity index (χ0v) is 21.1. The van der Waals surface area contributed by atoms with Gasteiger partial charge >= 0.3 is 0 Å². The molecule has 7 heteroatoms. The molecule has 0 aromatic heterocycles. The summed E-state index contributed by atoms with van der Waals surface area (Å²) in [6.07, 6.45) is 1.64. The first-order valence-electron chi connectivity index (χ1n) is 11.4. The third-order valence-electron chi connectivity index (χ3n) is 5.95. The highest BCUT2D eigenvalue weighted by Gasteiger charge is 2.36. The number of carbonyl (C=O) groups is 2. The minimum absolute atomic E-state index is 0.0220. The summed E-state index contributed by atoms with van der Waals surface area (Å²) in [7, 11) is 0. The highest BCUT2D eigenvalue weighted by Crippen LogP contribution is 2.34. The van der Waals surface area contributed by atoms with Gasteiger partial charge in [0.1, 0.15) is 12.6 Å². The lowest BCUT2D eigenvalue weighted by molar-refractivity contribution is -0.125. The smallest absolute Gasteiger partial charge is 0.252 e. The Bertz CT molecular complexity index is 1050. The molecule has 0 unspecified atom stereocenters. The summed E-state index contributed by atoms with van der Waals surface area (Å²) in [4.78, 5) is 33.0. The lowest BCUT2D eigenvalue weighted by atomic mass is 9.97. The standard InChI is InChI=1S/C26H31Cl2N3O2/c1-5-17(4)24-26(33)31(15-23(32)29-13-12-16(2)3)22-11-10-18(27)14-20(22)25(30-24)19-8-6-7-9-21(19)28/h6-11,14,16-17,24H,5,12-13,15H2,1-4H3,(H,29,32)/t17-,24-/m1/s1. The van der Waals surface area contributed by atoms with Gasteiger partial charge in [0.05, 0.1) is 11.4 Å². The molecule has 33 heavy (non-hydrogen) atoms. The summed E-state index contributed by atoms with van der Waals surface area (Å²) in [6, 6.07) is 12.1. The minimum atomic E-state index is -0.643. The van der Waals surface area contributed by atoms with Crippen LogP contribution in [-0.4, -0.2) is 36.7 Å². The van der Waals surface area contributed by atoms with Gasteiger partial charge in [-0.25, -0.2) is 0 Å². The molecule has 0 aliphatic carbocycles. The number of aliphatic imine (C=N–C) groups is 1. The van der Waals surface area contributed by atoms with Crippen LogP contribution in [0.4, 0.5) is 5.69 Å². The summed E-state index contributed by atoms with van der Waals surface area (Å²) < 4.78 is 0. The SMILES string of the molecule is CC[C@@H](C)[C@H]1N=C(c2ccccc2Cl)c2cc(Cl)ccc2N(CC(=O)NCCC(C)C)C1=O. The van der Waals surface area contributed by atoms with Crippen LogP contribution in [0.15, 0.2) is 47.5 Å². The zero-order valence-electron chi connectivity index (χ0n) is 19.6. The second kappa shape index (κ2) is 11.2. The van der Waals surface area contributed by atoms with Crippen molar-refractivity contribution in [2.24, 2.45) is 16.8 Å². The molecule has 0 radical (unpaired) electrons. The molecule has 2 atom stereocenters. The van der Waals surface area contributed by atoms with Crippen molar-refractivity contribution in [2.45, 2.75) is 46.6 Å². The number of rotatable bonds is 8. The number of anilines is 1. The molecule has 2 aromatic rings. The molecule has 0 saturated carbocycles. The van der Waals surface area contributed by atoms with Gasteiger partial charge in [0.25, 0.3) is 5.91 Å². The Labute approximate surface area is 206 Å². The normalized spacial score (nSPS) is 16.8. The number of halogens is 2. The molecular weight excluding hydrogens is 457 g/mol. The molecule has 2 amide bonds. The number of amides is 2. The van der Waals surface area contributed by atoms with E-state index in [1.807, 2.05) is 32.0 Å². The number of fused-ring (bicyclic) bond motifs is 1. The maximum absolute atomic E-state index is 13.7. The van der Waals surface area contributed by atoms with E-state index in [1.54, 1.807) is 29.2 Å². The van der Waals surface area contributed by atoms with E-state index < -0.39 is 6.04 Å². The molecular formula is C26H31Cl2N3O2. The second-order valence-corrected chi connectivity index (χ2v) is 9.75. The lowest BCUT2D eigenvalue weighted by Crippen LogP contribution is -2.46. The van der Waals surface area contributed by atoms with Crippen LogP contribution >= 0.6 is 23.2 Å². The van der Waals surface area contributed by atoms with Gasteiger partial charge in [0.2, 0.25) is 5.91 Å². The predicted molar refractivity (Wildman–Crippen MR) is 137 cm³/mol. The number of carbonyl (C=O) groups excluding carboxylic acids is 2. The highest BCUT2D eigenvalue weighted by molar-refractivity contribution is 6.37. The minimum Gasteiger partial charge on any atom is -0.355 e.